The lowest BCUT2D eigenvalue weighted by Crippen LogP contribution is -2.53. The summed E-state index contributed by atoms with van der Waals surface area (Å²) in [6, 6.07) is 0.449. The maximum Gasteiger partial charge on any atom is 0.408 e. The summed E-state index contributed by atoms with van der Waals surface area (Å²) in [5, 5.41) is 7.48. The van der Waals surface area contributed by atoms with Crippen LogP contribution in [0.3, 0.4) is 0 Å². The van der Waals surface area contributed by atoms with Gasteiger partial charge in [0.25, 0.3) is 0 Å². The summed E-state index contributed by atoms with van der Waals surface area (Å²) in [6.45, 7) is 14.6. The molecule has 1 fully saturated rings. The van der Waals surface area contributed by atoms with E-state index in [1.807, 2.05) is 40.8 Å². The molecule has 0 aromatic carbocycles. The zero-order chi connectivity index (χ0) is 18.8. The van der Waals surface area contributed by atoms with Crippen molar-refractivity contribution in [3.8, 4) is 0 Å². The van der Waals surface area contributed by atoms with Crippen LogP contribution in [0, 0.1) is 6.92 Å². The van der Waals surface area contributed by atoms with Crippen LogP contribution in [0.15, 0.2) is 10.7 Å². The molecule has 2 heterocycles. The lowest BCUT2D eigenvalue weighted by Gasteiger charge is -2.38. The molecule has 0 radical (unpaired) electrons. The number of hydrogen-bond acceptors (Lipinski definition) is 4. The van der Waals surface area contributed by atoms with Gasteiger partial charge in [-0.2, -0.15) is 5.10 Å². The van der Waals surface area contributed by atoms with Gasteiger partial charge < -0.3 is 15.0 Å². The highest BCUT2D eigenvalue weighted by atomic mass is 79.9. The topological polar surface area (TPSA) is 59.4 Å². The molecule has 1 saturated heterocycles. The highest BCUT2D eigenvalue weighted by Gasteiger charge is 2.29. The third-order valence-electron chi connectivity index (χ3n) is 4.35. The number of piperidine rings is 1. The number of halogens is 1. The van der Waals surface area contributed by atoms with E-state index >= 15 is 0 Å². The molecular formula is C18H31BrN4O2. The summed E-state index contributed by atoms with van der Waals surface area (Å²) in [5.41, 5.74) is 0.374. The predicted molar refractivity (Wildman–Crippen MR) is 103 cm³/mol. The molecule has 6 nitrogen and oxygen atoms in total. The molecule has 1 aromatic heterocycles. The molecule has 1 N–H and O–H groups in total. The fraction of sp³-hybridized carbons (Fsp3) is 0.778. The molecule has 0 bridgehead atoms. The number of carbonyl (C=O) groups excluding carboxylic acids is 1. The molecule has 0 spiro atoms. The number of rotatable bonds is 4. The van der Waals surface area contributed by atoms with Crippen LogP contribution < -0.4 is 5.32 Å². The van der Waals surface area contributed by atoms with Gasteiger partial charge in [-0.3, -0.25) is 4.68 Å². The van der Waals surface area contributed by atoms with Gasteiger partial charge in [-0.1, -0.05) is 0 Å². The van der Waals surface area contributed by atoms with Gasteiger partial charge in [-0.25, -0.2) is 4.79 Å². The summed E-state index contributed by atoms with van der Waals surface area (Å²) < 4.78 is 8.57. The molecule has 0 atom stereocenters. The van der Waals surface area contributed by atoms with Crippen LogP contribution in [0.5, 0.6) is 0 Å². The number of carbonyl (C=O) groups is 1. The number of nitrogens with zero attached hydrogens (tertiary/aromatic N) is 3. The Labute approximate surface area is 159 Å². The lowest BCUT2D eigenvalue weighted by atomic mass is 10.0. The van der Waals surface area contributed by atoms with Crippen molar-refractivity contribution in [1.29, 1.82) is 0 Å². The van der Waals surface area contributed by atoms with E-state index in [4.69, 9.17) is 4.74 Å². The number of likely N-dealkylation sites (tertiary alicyclic amines) is 1. The Hall–Kier alpha value is -1.08. The van der Waals surface area contributed by atoms with Crippen molar-refractivity contribution in [2.75, 3.05) is 19.6 Å². The van der Waals surface area contributed by atoms with Gasteiger partial charge in [-0.15, -0.1) is 0 Å². The molecule has 1 aliphatic heterocycles. The first kappa shape index (κ1) is 20.2. The number of alkyl carbamates (subject to hydrolysis) is 1. The van der Waals surface area contributed by atoms with Crippen LogP contribution >= 0.6 is 15.9 Å². The maximum atomic E-state index is 12.0. The first-order chi connectivity index (χ1) is 11.5. The van der Waals surface area contributed by atoms with Crippen molar-refractivity contribution in [2.45, 2.75) is 71.6 Å². The van der Waals surface area contributed by atoms with E-state index in [0.717, 1.165) is 36.9 Å². The number of ether oxygens (including phenoxy) is 1. The van der Waals surface area contributed by atoms with Gasteiger partial charge in [0, 0.05) is 25.3 Å². The van der Waals surface area contributed by atoms with E-state index in [9.17, 15) is 4.79 Å². The maximum absolute atomic E-state index is 12.0. The smallest absolute Gasteiger partial charge is 0.408 e. The minimum absolute atomic E-state index is 0.334. The highest BCUT2D eigenvalue weighted by Crippen LogP contribution is 2.27. The molecular weight excluding hydrogens is 384 g/mol. The minimum atomic E-state index is -0.478. The molecule has 25 heavy (non-hydrogen) atoms. The van der Waals surface area contributed by atoms with Crippen molar-refractivity contribution in [1.82, 2.24) is 20.0 Å². The molecule has 142 valence electrons. The fourth-order valence-electron chi connectivity index (χ4n) is 3.27. The van der Waals surface area contributed by atoms with Crippen molar-refractivity contribution in [2.24, 2.45) is 0 Å². The van der Waals surface area contributed by atoms with Crippen molar-refractivity contribution < 1.29 is 9.53 Å². The van der Waals surface area contributed by atoms with Crippen LogP contribution in [-0.2, 0) is 4.74 Å². The number of nitrogens with one attached hydrogen (secondary N) is 1. The van der Waals surface area contributed by atoms with E-state index in [2.05, 4.69) is 42.9 Å². The van der Waals surface area contributed by atoms with E-state index in [0.29, 0.717) is 6.04 Å². The van der Waals surface area contributed by atoms with Crippen molar-refractivity contribution >= 4 is 22.0 Å². The third-order valence-corrected chi connectivity index (χ3v) is 5.12. The Morgan fingerprint density at radius 2 is 1.92 bits per heavy atom. The zero-order valence-corrected chi connectivity index (χ0v) is 17.8. The SMILES string of the molecule is Cc1c(Br)cnn1C1CCN(CC(C)(C)NC(=O)OC(C)(C)C)CC1. The fourth-order valence-corrected chi connectivity index (χ4v) is 3.54. The Bertz CT molecular complexity index is 599. The monoisotopic (exact) mass is 414 g/mol. The van der Waals surface area contributed by atoms with Crippen LogP contribution in [-0.4, -0.2) is 51.5 Å². The minimum Gasteiger partial charge on any atom is -0.444 e. The highest BCUT2D eigenvalue weighted by molar-refractivity contribution is 9.10. The Kier molecular flexibility index (Phi) is 6.20. The van der Waals surface area contributed by atoms with E-state index < -0.39 is 5.60 Å². The molecule has 7 heteroatoms. The van der Waals surface area contributed by atoms with Crippen LogP contribution in [0.4, 0.5) is 4.79 Å². The van der Waals surface area contributed by atoms with Gasteiger partial charge in [0.05, 0.1) is 22.3 Å². The van der Waals surface area contributed by atoms with Crippen LogP contribution in [0.25, 0.3) is 0 Å². The first-order valence-electron chi connectivity index (χ1n) is 8.90. The second-order valence-electron chi connectivity index (χ2n) is 8.54. The second kappa shape index (κ2) is 7.66. The average molecular weight is 415 g/mol. The molecule has 2 rings (SSSR count). The molecule has 0 aliphatic carbocycles. The second-order valence-corrected chi connectivity index (χ2v) is 9.39. The molecule has 1 aromatic rings. The van der Waals surface area contributed by atoms with Gasteiger partial charge in [-0.05, 0) is 70.3 Å². The molecule has 0 saturated carbocycles. The standard InChI is InChI=1S/C18H31BrN4O2/c1-13-15(19)11-20-23(13)14-7-9-22(10-8-14)12-18(5,6)21-16(24)25-17(2,3)4/h11,14H,7-10,12H2,1-6H3,(H,21,24). The normalized spacial score (nSPS) is 17.6. The first-order valence-corrected chi connectivity index (χ1v) is 9.69. The van der Waals surface area contributed by atoms with Gasteiger partial charge in [0.1, 0.15) is 5.60 Å². The summed E-state index contributed by atoms with van der Waals surface area (Å²) in [5.74, 6) is 0. The number of amides is 1. The third kappa shape index (κ3) is 5.99. The Morgan fingerprint density at radius 1 is 1.32 bits per heavy atom. The zero-order valence-electron chi connectivity index (χ0n) is 16.2. The van der Waals surface area contributed by atoms with E-state index in [-0.39, 0.29) is 11.6 Å². The van der Waals surface area contributed by atoms with Crippen LogP contribution in [0.2, 0.25) is 0 Å². The van der Waals surface area contributed by atoms with Gasteiger partial charge in [0.2, 0.25) is 0 Å². The van der Waals surface area contributed by atoms with Crippen LogP contribution in [0.1, 0.15) is 59.2 Å². The van der Waals surface area contributed by atoms with Crippen molar-refractivity contribution in [3.05, 3.63) is 16.4 Å². The number of hydrogen-bond donors (Lipinski definition) is 1. The quantitative estimate of drug-likeness (QED) is 0.811. The van der Waals surface area contributed by atoms with E-state index in [1.165, 1.54) is 5.69 Å². The summed E-state index contributed by atoms with van der Waals surface area (Å²) >= 11 is 3.53. The predicted octanol–water partition coefficient (Wildman–Crippen LogP) is 3.89. The lowest BCUT2D eigenvalue weighted by molar-refractivity contribution is 0.0436. The van der Waals surface area contributed by atoms with Crippen molar-refractivity contribution in [3.63, 3.8) is 0 Å². The Morgan fingerprint density at radius 3 is 2.40 bits per heavy atom. The largest absolute Gasteiger partial charge is 0.444 e. The summed E-state index contributed by atoms with van der Waals surface area (Å²) in [6.07, 6.45) is 3.65. The summed E-state index contributed by atoms with van der Waals surface area (Å²) in [7, 11) is 0. The molecule has 1 aliphatic rings. The van der Waals surface area contributed by atoms with Gasteiger partial charge in [0.15, 0.2) is 0 Å². The van der Waals surface area contributed by atoms with E-state index in [1.54, 1.807) is 0 Å². The average Bonchev–Trinajstić information content (AvgIpc) is 2.76. The number of aromatic nitrogens is 2. The Balaban J connectivity index is 1.84. The summed E-state index contributed by atoms with van der Waals surface area (Å²) in [4.78, 5) is 14.4. The molecule has 1 amide bonds. The molecule has 0 unspecified atom stereocenters. The van der Waals surface area contributed by atoms with Gasteiger partial charge >= 0.3 is 6.09 Å².